The lowest BCUT2D eigenvalue weighted by atomic mass is 10.2. The number of carboxylic acid groups (broad SMARTS) is 1. The van der Waals surface area contributed by atoms with Crippen molar-refractivity contribution in [3.05, 3.63) is 41.7 Å². The second-order valence-electron chi connectivity index (χ2n) is 4.07. The fourth-order valence-corrected chi connectivity index (χ4v) is 1.80. The highest BCUT2D eigenvalue weighted by Crippen LogP contribution is 2.37. The van der Waals surface area contributed by atoms with Crippen LogP contribution >= 0.6 is 0 Å². The summed E-state index contributed by atoms with van der Waals surface area (Å²) in [7, 11) is 0. The molecule has 5 nitrogen and oxygen atoms in total. The van der Waals surface area contributed by atoms with Crippen molar-refractivity contribution in [1.82, 2.24) is 9.55 Å². The molecule has 0 spiro atoms. The van der Waals surface area contributed by atoms with E-state index in [1.165, 1.54) is 16.7 Å². The molecule has 2 rings (SSSR count). The van der Waals surface area contributed by atoms with E-state index in [0.717, 1.165) is 18.3 Å². The van der Waals surface area contributed by atoms with E-state index in [1.807, 2.05) is 0 Å². The number of aromatic nitrogens is 2. The normalized spacial score (nSPS) is 11.4. The summed E-state index contributed by atoms with van der Waals surface area (Å²) < 4.78 is 44.9. The molecule has 1 aromatic heterocycles. The molecule has 0 unspecified atom stereocenters. The minimum Gasteiger partial charge on any atom is -0.477 e. The fourth-order valence-electron chi connectivity index (χ4n) is 1.80. The van der Waals surface area contributed by atoms with Crippen molar-refractivity contribution in [3.8, 4) is 11.8 Å². The second kappa shape index (κ2) is 5.47. The third kappa shape index (κ3) is 2.99. The van der Waals surface area contributed by atoms with Gasteiger partial charge in [-0.2, -0.15) is 13.2 Å². The molecule has 0 bridgehead atoms. The molecule has 0 aliphatic carbocycles. The maximum atomic E-state index is 12.9. The quantitative estimate of drug-likeness (QED) is 0.939. The van der Waals surface area contributed by atoms with Crippen LogP contribution in [0.15, 0.2) is 30.5 Å². The Bertz CT molecular complexity index is 665. The molecule has 0 aliphatic heterocycles. The zero-order valence-electron chi connectivity index (χ0n) is 10.9. The number of para-hydroxylation sites is 1. The fraction of sp³-hybridized carbons (Fsp3) is 0.231. The Balaban J connectivity index is 2.42. The number of halogens is 3. The molecule has 0 radical (unpaired) electrons. The summed E-state index contributed by atoms with van der Waals surface area (Å²) in [6.07, 6.45) is -3.53. The van der Waals surface area contributed by atoms with Crippen molar-refractivity contribution in [1.29, 1.82) is 0 Å². The van der Waals surface area contributed by atoms with Gasteiger partial charge in [-0.05, 0) is 19.1 Å². The van der Waals surface area contributed by atoms with Crippen molar-refractivity contribution in [3.63, 3.8) is 0 Å². The average molecular weight is 300 g/mol. The van der Waals surface area contributed by atoms with Crippen molar-refractivity contribution in [2.75, 3.05) is 0 Å². The number of carboxylic acids is 1. The topological polar surface area (TPSA) is 64.4 Å². The first-order valence-electron chi connectivity index (χ1n) is 5.97. The lowest BCUT2D eigenvalue weighted by molar-refractivity contribution is -0.138. The van der Waals surface area contributed by atoms with Gasteiger partial charge < -0.3 is 9.84 Å². The first kappa shape index (κ1) is 14.9. The number of alkyl halides is 3. The van der Waals surface area contributed by atoms with E-state index in [4.69, 9.17) is 9.84 Å². The average Bonchev–Trinajstić information content (AvgIpc) is 2.81. The molecule has 8 heteroatoms. The van der Waals surface area contributed by atoms with Crippen LogP contribution in [0.2, 0.25) is 0 Å². The molecule has 0 saturated carbocycles. The Labute approximate surface area is 117 Å². The highest BCUT2D eigenvalue weighted by molar-refractivity contribution is 5.85. The number of imidazole rings is 1. The molecule has 2 aromatic rings. The first-order valence-corrected chi connectivity index (χ1v) is 5.97. The smallest absolute Gasteiger partial charge is 0.419 e. The molecular weight excluding hydrogens is 289 g/mol. The molecular formula is C13H11F3N2O3. The number of carbonyl (C=O) groups is 1. The molecule has 1 N–H and O–H groups in total. The van der Waals surface area contributed by atoms with E-state index in [9.17, 15) is 18.0 Å². The zero-order valence-corrected chi connectivity index (χ0v) is 10.9. The van der Waals surface area contributed by atoms with Gasteiger partial charge in [-0.1, -0.05) is 12.1 Å². The molecule has 0 saturated heterocycles. The van der Waals surface area contributed by atoms with E-state index >= 15 is 0 Å². The van der Waals surface area contributed by atoms with Crippen molar-refractivity contribution < 1.29 is 27.8 Å². The number of benzene rings is 1. The monoisotopic (exact) mass is 300 g/mol. The molecule has 1 aromatic carbocycles. The molecule has 0 aliphatic rings. The number of ether oxygens (including phenoxy) is 1. The predicted molar refractivity (Wildman–Crippen MR) is 66.4 cm³/mol. The Morgan fingerprint density at radius 1 is 1.38 bits per heavy atom. The van der Waals surface area contributed by atoms with E-state index in [1.54, 1.807) is 6.92 Å². The van der Waals surface area contributed by atoms with Crippen LogP contribution in [0.1, 0.15) is 23.0 Å². The van der Waals surface area contributed by atoms with Gasteiger partial charge in [0.1, 0.15) is 11.4 Å². The van der Waals surface area contributed by atoms with Gasteiger partial charge >= 0.3 is 18.2 Å². The Kier molecular flexibility index (Phi) is 3.88. The van der Waals surface area contributed by atoms with Gasteiger partial charge in [0, 0.05) is 6.54 Å². The standard InChI is InChI=1S/C13H11F3N2O3/c1-2-18-9(11(19)20)7-17-12(18)21-10-6-4-3-5-8(10)13(14,15)16/h3-7H,2H2,1H3,(H,19,20). The van der Waals surface area contributed by atoms with Gasteiger partial charge in [-0.25, -0.2) is 9.78 Å². The molecule has 0 amide bonds. The predicted octanol–water partition coefficient (Wildman–Crippen LogP) is 3.41. The van der Waals surface area contributed by atoms with Gasteiger partial charge in [0.25, 0.3) is 0 Å². The summed E-state index contributed by atoms with van der Waals surface area (Å²) in [5, 5.41) is 8.96. The van der Waals surface area contributed by atoms with Gasteiger partial charge in [-0.3, -0.25) is 4.57 Å². The third-order valence-corrected chi connectivity index (χ3v) is 2.75. The zero-order chi connectivity index (χ0) is 15.6. The number of aromatic carboxylic acids is 1. The lowest BCUT2D eigenvalue weighted by Gasteiger charge is -2.13. The van der Waals surface area contributed by atoms with Crippen LogP contribution in [-0.2, 0) is 12.7 Å². The SMILES string of the molecule is CCn1c(C(=O)O)cnc1Oc1ccccc1C(F)(F)F. The lowest BCUT2D eigenvalue weighted by Crippen LogP contribution is -2.10. The van der Waals surface area contributed by atoms with Crippen LogP contribution in [-0.4, -0.2) is 20.6 Å². The van der Waals surface area contributed by atoms with Crippen LogP contribution in [0.25, 0.3) is 0 Å². The molecule has 0 atom stereocenters. The Morgan fingerprint density at radius 3 is 2.62 bits per heavy atom. The van der Waals surface area contributed by atoms with E-state index in [-0.39, 0.29) is 18.2 Å². The summed E-state index contributed by atoms with van der Waals surface area (Å²) in [5.41, 5.74) is -1.11. The van der Waals surface area contributed by atoms with Gasteiger partial charge in [0.15, 0.2) is 0 Å². The summed E-state index contributed by atoms with van der Waals surface area (Å²) in [6.45, 7) is 1.84. The maximum Gasteiger partial charge on any atom is 0.419 e. The van der Waals surface area contributed by atoms with Gasteiger partial charge in [0.2, 0.25) is 0 Å². The highest BCUT2D eigenvalue weighted by atomic mass is 19.4. The Hall–Kier alpha value is -2.51. The number of nitrogens with zero attached hydrogens (tertiary/aromatic N) is 2. The molecule has 112 valence electrons. The van der Waals surface area contributed by atoms with Crippen molar-refractivity contribution >= 4 is 5.97 Å². The number of hydrogen-bond donors (Lipinski definition) is 1. The van der Waals surface area contributed by atoms with Crippen molar-refractivity contribution in [2.24, 2.45) is 0 Å². The summed E-state index contributed by atoms with van der Waals surface area (Å²) >= 11 is 0. The second-order valence-corrected chi connectivity index (χ2v) is 4.07. The molecule has 1 heterocycles. The van der Waals surface area contributed by atoms with Crippen LogP contribution in [0.3, 0.4) is 0 Å². The summed E-state index contributed by atoms with van der Waals surface area (Å²) in [5.74, 6) is -1.66. The molecule has 0 fully saturated rings. The number of rotatable bonds is 4. The van der Waals surface area contributed by atoms with Gasteiger partial charge in [-0.15, -0.1) is 0 Å². The molecule has 21 heavy (non-hydrogen) atoms. The van der Waals surface area contributed by atoms with E-state index in [0.29, 0.717) is 0 Å². The largest absolute Gasteiger partial charge is 0.477 e. The first-order chi connectivity index (χ1) is 9.84. The summed E-state index contributed by atoms with van der Waals surface area (Å²) in [6, 6.07) is 4.46. The van der Waals surface area contributed by atoms with E-state index < -0.39 is 23.5 Å². The minimum absolute atomic E-state index is 0.156. The van der Waals surface area contributed by atoms with Crippen LogP contribution < -0.4 is 4.74 Å². The number of hydrogen-bond acceptors (Lipinski definition) is 3. The van der Waals surface area contributed by atoms with Crippen LogP contribution in [0.4, 0.5) is 13.2 Å². The van der Waals surface area contributed by atoms with E-state index in [2.05, 4.69) is 4.98 Å². The maximum absolute atomic E-state index is 12.9. The highest BCUT2D eigenvalue weighted by Gasteiger charge is 2.34. The van der Waals surface area contributed by atoms with Crippen molar-refractivity contribution in [2.45, 2.75) is 19.6 Å². The van der Waals surface area contributed by atoms with Crippen LogP contribution in [0, 0.1) is 0 Å². The summed E-state index contributed by atoms with van der Waals surface area (Å²) in [4.78, 5) is 14.7. The third-order valence-electron chi connectivity index (χ3n) is 2.75. The van der Waals surface area contributed by atoms with Gasteiger partial charge in [0.05, 0.1) is 11.8 Å². The minimum atomic E-state index is -4.57. The van der Waals surface area contributed by atoms with Crippen LogP contribution in [0.5, 0.6) is 11.8 Å². The Morgan fingerprint density at radius 2 is 2.05 bits per heavy atom.